The van der Waals surface area contributed by atoms with Gasteiger partial charge >= 0.3 is 0 Å². The van der Waals surface area contributed by atoms with Crippen LogP contribution in [0.1, 0.15) is 43.1 Å². The van der Waals surface area contributed by atoms with Crippen molar-refractivity contribution in [2.24, 2.45) is 5.92 Å². The van der Waals surface area contributed by atoms with Gasteiger partial charge in [-0.1, -0.05) is 20.8 Å². The molecule has 0 aliphatic heterocycles. The SMILES string of the molecule is CCc1cnccc1C(=O)C(C)CC. The first-order valence-electron chi connectivity index (χ1n) is 5.17. The van der Waals surface area contributed by atoms with Crippen LogP contribution in [0.5, 0.6) is 0 Å². The van der Waals surface area contributed by atoms with E-state index in [1.165, 1.54) is 0 Å². The molecule has 76 valence electrons. The van der Waals surface area contributed by atoms with Gasteiger partial charge in [0.2, 0.25) is 0 Å². The summed E-state index contributed by atoms with van der Waals surface area (Å²) in [4.78, 5) is 16.0. The second-order valence-electron chi connectivity index (χ2n) is 3.56. The van der Waals surface area contributed by atoms with Crippen molar-refractivity contribution in [1.29, 1.82) is 0 Å². The first-order chi connectivity index (χ1) is 6.70. The molecule has 1 aromatic heterocycles. The zero-order valence-electron chi connectivity index (χ0n) is 9.08. The van der Waals surface area contributed by atoms with Gasteiger partial charge in [0.05, 0.1) is 0 Å². The van der Waals surface area contributed by atoms with E-state index in [4.69, 9.17) is 0 Å². The number of Topliss-reactive ketones (excluding diaryl/α,β-unsaturated/α-hetero) is 1. The Labute approximate surface area is 85.4 Å². The molecule has 0 N–H and O–H groups in total. The third-order valence-corrected chi connectivity index (χ3v) is 2.61. The topological polar surface area (TPSA) is 30.0 Å². The maximum atomic E-state index is 11.9. The van der Waals surface area contributed by atoms with Gasteiger partial charge in [0.25, 0.3) is 0 Å². The second kappa shape index (κ2) is 4.89. The third kappa shape index (κ3) is 2.19. The minimum atomic E-state index is 0.114. The minimum absolute atomic E-state index is 0.114. The molecule has 0 saturated carbocycles. The Hall–Kier alpha value is -1.18. The van der Waals surface area contributed by atoms with E-state index in [0.29, 0.717) is 0 Å². The molecule has 1 unspecified atom stereocenters. The smallest absolute Gasteiger partial charge is 0.166 e. The molecular weight excluding hydrogens is 174 g/mol. The predicted molar refractivity (Wildman–Crippen MR) is 57.4 cm³/mol. The van der Waals surface area contributed by atoms with Crippen molar-refractivity contribution in [3.63, 3.8) is 0 Å². The molecule has 0 fully saturated rings. The number of pyridine rings is 1. The van der Waals surface area contributed by atoms with Gasteiger partial charge < -0.3 is 0 Å². The highest BCUT2D eigenvalue weighted by molar-refractivity contribution is 5.98. The Bertz CT molecular complexity index is 320. The summed E-state index contributed by atoms with van der Waals surface area (Å²) in [5.41, 5.74) is 1.90. The molecule has 1 heterocycles. The average molecular weight is 191 g/mol. The number of nitrogens with zero attached hydrogens (tertiary/aromatic N) is 1. The quantitative estimate of drug-likeness (QED) is 0.685. The molecule has 1 aromatic rings. The van der Waals surface area contributed by atoms with E-state index in [2.05, 4.69) is 4.98 Å². The monoisotopic (exact) mass is 191 g/mol. The number of rotatable bonds is 4. The van der Waals surface area contributed by atoms with Crippen LogP contribution in [0.2, 0.25) is 0 Å². The fourth-order valence-corrected chi connectivity index (χ4v) is 1.40. The lowest BCUT2D eigenvalue weighted by Crippen LogP contribution is -2.12. The normalized spacial score (nSPS) is 12.5. The van der Waals surface area contributed by atoms with Gasteiger partial charge in [-0.05, 0) is 24.5 Å². The average Bonchev–Trinajstić information content (AvgIpc) is 2.26. The lowest BCUT2D eigenvalue weighted by atomic mass is 9.94. The number of aromatic nitrogens is 1. The largest absolute Gasteiger partial charge is 0.294 e. The molecule has 0 aromatic carbocycles. The van der Waals surface area contributed by atoms with E-state index < -0.39 is 0 Å². The molecule has 0 aliphatic rings. The van der Waals surface area contributed by atoms with Gasteiger partial charge in [-0.3, -0.25) is 9.78 Å². The van der Waals surface area contributed by atoms with Crippen LogP contribution in [0.3, 0.4) is 0 Å². The number of carbonyl (C=O) groups is 1. The highest BCUT2D eigenvalue weighted by Crippen LogP contribution is 2.15. The molecule has 2 nitrogen and oxygen atoms in total. The molecule has 2 heteroatoms. The van der Waals surface area contributed by atoms with Crippen LogP contribution in [0.4, 0.5) is 0 Å². The fourth-order valence-electron chi connectivity index (χ4n) is 1.40. The minimum Gasteiger partial charge on any atom is -0.294 e. The standard InChI is InChI=1S/C12H17NO/c1-4-9(3)12(14)11-6-7-13-8-10(11)5-2/h6-9H,4-5H2,1-3H3. The van der Waals surface area contributed by atoms with E-state index in [1.807, 2.05) is 26.8 Å². The predicted octanol–water partition coefficient (Wildman–Crippen LogP) is 2.87. The summed E-state index contributed by atoms with van der Waals surface area (Å²) < 4.78 is 0. The molecule has 1 rings (SSSR count). The summed E-state index contributed by atoms with van der Waals surface area (Å²) in [5.74, 6) is 0.356. The van der Waals surface area contributed by atoms with Crippen molar-refractivity contribution in [3.05, 3.63) is 29.6 Å². The summed E-state index contributed by atoms with van der Waals surface area (Å²) >= 11 is 0. The highest BCUT2D eigenvalue weighted by atomic mass is 16.1. The van der Waals surface area contributed by atoms with Crippen molar-refractivity contribution in [1.82, 2.24) is 4.98 Å². The van der Waals surface area contributed by atoms with Crippen LogP contribution in [0, 0.1) is 5.92 Å². The lowest BCUT2D eigenvalue weighted by molar-refractivity contribution is 0.0926. The van der Waals surface area contributed by atoms with Crippen molar-refractivity contribution >= 4 is 5.78 Å². The lowest BCUT2D eigenvalue weighted by Gasteiger charge is -2.10. The first-order valence-corrected chi connectivity index (χ1v) is 5.17. The summed E-state index contributed by atoms with van der Waals surface area (Å²) in [6.45, 7) is 6.06. The first kappa shape index (κ1) is 10.9. The number of hydrogen-bond acceptors (Lipinski definition) is 2. The number of carbonyl (C=O) groups excluding carboxylic acids is 1. The van der Waals surface area contributed by atoms with Gasteiger partial charge in [0.15, 0.2) is 5.78 Å². The third-order valence-electron chi connectivity index (χ3n) is 2.61. The molecule has 0 saturated heterocycles. The molecule has 14 heavy (non-hydrogen) atoms. The summed E-state index contributed by atoms with van der Waals surface area (Å²) in [6, 6.07) is 1.83. The van der Waals surface area contributed by atoms with E-state index in [1.54, 1.807) is 12.4 Å². The zero-order valence-corrected chi connectivity index (χ0v) is 9.08. The maximum absolute atomic E-state index is 11.9. The van der Waals surface area contributed by atoms with Gasteiger partial charge in [-0.25, -0.2) is 0 Å². The van der Waals surface area contributed by atoms with Crippen molar-refractivity contribution < 1.29 is 4.79 Å². The van der Waals surface area contributed by atoms with E-state index in [-0.39, 0.29) is 11.7 Å². The van der Waals surface area contributed by atoms with Gasteiger partial charge in [-0.15, -0.1) is 0 Å². The Balaban J connectivity index is 3.00. The van der Waals surface area contributed by atoms with Gasteiger partial charge in [0, 0.05) is 23.9 Å². The summed E-state index contributed by atoms with van der Waals surface area (Å²) in [5, 5.41) is 0. The fraction of sp³-hybridized carbons (Fsp3) is 0.500. The Kier molecular flexibility index (Phi) is 3.81. The molecule has 0 amide bonds. The number of ketones is 1. The van der Waals surface area contributed by atoms with Crippen molar-refractivity contribution in [2.45, 2.75) is 33.6 Å². The molecular formula is C12H17NO. The zero-order chi connectivity index (χ0) is 10.6. The Morgan fingerprint density at radius 1 is 1.50 bits per heavy atom. The number of hydrogen-bond donors (Lipinski definition) is 0. The maximum Gasteiger partial charge on any atom is 0.166 e. The van der Waals surface area contributed by atoms with Gasteiger partial charge in [0.1, 0.15) is 0 Å². The van der Waals surface area contributed by atoms with Crippen LogP contribution in [0.25, 0.3) is 0 Å². The molecule has 0 aliphatic carbocycles. The van der Waals surface area contributed by atoms with Gasteiger partial charge in [-0.2, -0.15) is 0 Å². The second-order valence-corrected chi connectivity index (χ2v) is 3.56. The van der Waals surface area contributed by atoms with Crippen LogP contribution in [0.15, 0.2) is 18.5 Å². The van der Waals surface area contributed by atoms with Crippen molar-refractivity contribution in [3.8, 4) is 0 Å². The number of aryl methyl sites for hydroxylation is 1. The van der Waals surface area contributed by atoms with E-state index in [9.17, 15) is 4.79 Å². The van der Waals surface area contributed by atoms with Crippen LogP contribution < -0.4 is 0 Å². The van der Waals surface area contributed by atoms with Crippen LogP contribution >= 0.6 is 0 Å². The molecule has 0 radical (unpaired) electrons. The van der Waals surface area contributed by atoms with Crippen molar-refractivity contribution in [2.75, 3.05) is 0 Å². The van der Waals surface area contributed by atoms with E-state index >= 15 is 0 Å². The molecule has 1 atom stereocenters. The Morgan fingerprint density at radius 2 is 2.21 bits per heavy atom. The van der Waals surface area contributed by atoms with Crippen LogP contribution in [-0.4, -0.2) is 10.8 Å². The summed E-state index contributed by atoms with van der Waals surface area (Å²) in [7, 11) is 0. The summed E-state index contributed by atoms with van der Waals surface area (Å²) in [6.07, 6.45) is 5.24. The Morgan fingerprint density at radius 3 is 2.79 bits per heavy atom. The van der Waals surface area contributed by atoms with Crippen LogP contribution in [-0.2, 0) is 6.42 Å². The molecule has 0 bridgehead atoms. The van der Waals surface area contributed by atoms with E-state index in [0.717, 1.165) is 24.0 Å². The molecule has 0 spiro atoms. The highest BCUT2D eigenvalue weighted by Gasteiger charge is 2.15.